The molecule has 0 unspecified atom stereocenters. The number of carbonyl (C=O) groups excluding carboxylic acids is 1. The first-order chi connectivity index (χ1) is 10.0. The number of halogens is 4. The van der Waals surface area contributed by atoms with E-state index in [4.69, 9.17) is 21.8 Å². The molecule has 0 aliphatic carbocycles. The van der Waals surface area contributed by atoms with Gasteiger partial charge < -0.3 is 10.2 Å². The van der Waals surface area contributed by atoms with Gasteiger partial charge in [-0.1, -0.05) is 11.6 Å². The molecule has 1 aromatic carbocycles. The zero-order valence-electron chi connectivity index (χ0n) is 10.9. The molecule has 9 heteroatoms. The molecule has 1 rings (SSSR count). The quantitative estimate of drug-likeness (QED) is 0.614. The summed E-state index contributed by atoms with van der Waals surface area (Å²) < 4.78 is 38.7. The molecule has 1 aromatic rings. The molecule has 0 heterocycles. The van der Waals surface area contributed by atoms with Crippen molar-refractivity contribution in [2.45, 2.75) is 19.0 Å². The van der Waals surface area contributed by atoms with E-state index in [0.29, 0.717) is 5.02 Å². The highest BCUT2D eigenvalue weighted by Crippen LogP contribution is 2.43. The molecule has 0 saturated carbocycles. The summed E-state index contributed by atoms with van der Waals surface area (Å²) in [5.41, 5.74) is -4.01. The Bertz CT molecular complexity index is 581. The molecule has 5 nitrogen and oxygen atoms in total. The van der Waals surface area contributed by atoms with Crippen LogP contribution in [0.4, 0.5) is 13.2 Å². The van der Waals surface area contributed by atoms with E-state index >= 15 is 0 Å². The van der Waals surface area contributed by atoms with Gasteiger partial charge in [0.2, 0.25) is 0 Å². The maximum Gasteiger partial charge on any atom is 0.415 e. The van der Waals surface area contributed by atoms with Crippen LogP contribution < -0.4 is 0 Å². The summed E-state index contributed by atoms with van der Waals surface area (Å²) in [5, 5.41) is 17.7. The third-order valence-corrected chi connectivity index (χ3v) is 3.36. The topological polar surface area (TPSA) is 91.7 Å². The Morgan fingerprint density at radius 2 is 1.45 bits per heavy atom. The Morgan fingerprint density at radius 3 is 1.82 bits per heavy atom. The van der Waals surface area contributed by atoms with E-state index < -0.39 is 42.2 Å². The van der Waals surface area contributed by atoms with Crippen LogP contribution >= 0.6 is 11.6 Å². The number of aliphatic carboxylic acids is 2. The SMILES string of the molecule is O=C(CCC(C(=O)O)(C(=O)O)C(F)(F)F)c1ccc(Cl)cc1. The predicted molar refractivity (Wildman–Crippen MR) is 68.8 cm³/mol. The van der Waals surface area contributed by atoms with Gasteiger partial charge in [-0.3, -0.25) is 14.4 Å². The molecule has 120 valence electrons. The molecular weight excluding hydrogens is 329 g/mol. The van der Waals surface area contributed by atoms with Gasteiger partial charge in [0, 0.05) is 17.0 Å². The molecular formula is C13H10ClF3O5. The van der Waals surface area contributed by atoms with Gasteiger partial charge in [-0.05, 0) is 30.7 Å². The second kappa shape index (κ2) is 6.35. The summed E-state index contributed by atoms with van der Waals surface area (Å²) >= 11 is 5.59. The van der Waals surface area contributed by atoms with Crippen LogP contribution in [0, 0.1) is 5.41 Å². The highest BCUT2D eigenvalue weighted by Gasteiger charge is 2.66. The zero-order chi connectivity index (χ0) is 17.1. The van der Waals surface area contributed by atoms with E-state index in [9.17, 15) is 27.6 Å². The fraction of sp³-hybridized carbons (Fsp3) is 0.308. The smallest absolute Gasteiger partial charge is 0.415 e. The minimum Gasteiger partial charge on any atom is -0.480 e. The van der Waals surface area contributed by atoms with Crippen molar-refractivity contribution in [1.82, 2.24) is 0 Å². The molecule has 0 bridgehead atoms. The molecule has 22 heavy (non-hydrogen) atoms. The number of ketones is 1. The third-order valence-electron chi connectivity index (χ3n) is 3.11. The van der Waals surface area contributed by atoms with Crippen LogP contribution in [0.3, 0.4) is 0 Å². The van der Waals surface area contributed by atoms with Crippen LogP contribution in [0.2, 0.25) is 5.02 Å². The Morgan fingerprint density at radius 1 is 1.00 bits per heavy atom. The second-order valence-electron chi connectivity index (χ2n) is 4.44. The second-order valence-corrected chi connectivity index (χ2v) is 4.88. The van der Waals surface area contributed by atoms with Gasteiger partial charge in [0.25, 0.3) is 5.41 Å². The Labute approximate surface area is 127 Å². The lowest BCUT2D eigenvalue weighted by molar-refractivity contribution is -0.236. The molecule has 2 N–H and O–H groups in total. The molecule has 0 atom stereocenters. The number of rotatable bonds is 6. The van der Waals surface area contributed by atoms with E-state index in [0.717, 1.165) is 0 Å². The number of carbonyl (C=O) groups is 3. The van der Waals surface area contributed by atoms with Crippen molar-refractivity contribution in [1.29, 1.82) is 0 Å². The van der Waals surface area contributed by atoms with E-state index in [1.165, 1.54) is 24.3 Å². The van der Waals surface area contributed by atoms with E-state index in [1.54, 1.807) is 0 Å². The number of hydrogen-bond acceptors (Lipinski definition) is 3. The van der Waals surface area contributed by atoms with Crippen LogP contribution in [-0.2, 0) is 9.59 Å². The molecule has 0 fully saturated rings. The van der Waals surface area contributed by atoms with Crippen molar-refractivity contribution in [3.8, 4) is 0 Å². The van der Waals surface area contributed by atoms with Crippen molar-refractivity contribution in [2.24, 2.45) is 5.41 Å². The van der Waals surface area contributed by atoms with E-state index in [1.807, 2.05) is 0 Å². The lowest BCUT2D eigenvalue weighted by atomic mass is 9.81. The average molecular weight is 339 g/mol. The molecule has 0 amide bonds. The number of benzene rings is 1. The summed E-state index contributed by atoms with van der Waals surface area (Å²) in [6, 6.07) is 5.17. The van der Waals surface area contributed by atoms with Gasteiger partial charge in [-0.25, -0.2) is 0 Å². The number of carboxylic acid groups (broad SMARTS) is 2. The number of alkyl halides is 3. The average Bonchev–Trinajstić information content (AvgIpc) is 2.37. The molecule has 0 saturated heterocycles. The molecule has 0 aliphatic rings. The van der Waals surface area contributed by atoms with Gasteiger partial charge >= 0.3 is 18.1 Å². The normalized spacial score (nSPS) is 12.0. The van der Waals surface area contributed by atoms with Crippen molar-refractivity contribution in [3.05, 3.63) is 34.9 Å². The van der Waals surface area contributed by atoms with Crippen molar-refractivity contribution >= 4 is 29.3 Å². The molecule has 0 aliphatic heterocycles. The maximum atomic E-state index is 12.9. The summed E-state index contributed by atoms with van der Waals surface area (Å²) in [7, 11) is 0. The monoisotopic (exact) mass is 338 g/mol. The standard InChI is InChI=1S/C13H10ClF3O5/c14-8-3-1-7(2-4-8)9(18)5-6-12(10(19)20,11(21)22)13(15,16)17/h1-4H,5-6H2,(H,19,20)(H,21,22). The highest BCUT2D eigenvalue weighted by molar-refractivity contribution is 6.30. The number of carboxylic acids is 2. The largest absolute Gasteiger partial charge is 0.480 e. The first-order valence-corrected chi connectivity index (χ1v) is 6.22. The first-order valence-electron chi connectivity index (χ1n) is 5.84. The first kappa shape index (κ1) is 18.0. The third kappa shape index (κ3) is 3.38. The number of Topliss-reactive ketones (excluding diaryl/α,β-unsaturated/α-hetero) is 1. The summed E-state index contributed by atoms with van der Waals surface area (Å²) in [6.07, 6.45) is -7.83. The van der Waals surface area contributed by atoms with Crippen molar-refractivity contribution < 1.29 is 37.8 Å². The van der Waals surface area contributed by atoms with Crippen LogP contribution in [0.5, 0.6) is 0 Å². The summed E-state index contributed by atoms with van der Waals surface area (Å²) in [4.78, 5) is 33.5. The van der Waals surface area contributed by atoms with Gasteiger partial charge in [0.05, 0.1) is 0 Å². The van der Waals surface area contributed by atoms with Crippen LogP contribution in [0.1, 0.15) is 23.2 Å². The fourth-order valence-electron chi connectivity index (χ4n) is 1.77. The summed E-state index contributed by atoms with van der Waals surface area (Å²) in [6.45, 7) is 0. The van der Waals surface area contributed by atoms with Gasteiger partial charge in [-0.2, -0.15) is 13.2 Å². The fourth-order valence-corrected chi connectivity index (χ4v) is 1.90. The minimum atomic E-state index is -5.54. The molecule has 0 aromatic heterocycles. The van der Waals surface area contributed by atoms with Crippen LogP contribution in [0.15, 0.2) is 24.3 Å². The van der Waals surface area contributed by atoms with Gasteiger partial charge in [0.15, 0.2) is 5.78 Å². The minimum absolute atomic E-state index is 0.0104. The van der Waals surface area contributed by atoms with Crippen molar-refractivity contribution in [3.63, 3.8) is 0 Å². The van der Waals surface area contributed by atoms with E-state index in [2.05, 4.69) is 0 Å². The molecule has 0 spiro atoms. The van der Waals surface area contributed by atoms with Gasteiger partial charge in [-0.15, -0.1) is 0 Å². The van der Waals surface area contributed by atoms with E-state index in [-0.39, 0.29) is 5.56 Å². The van der Waals surface area contributed by atoms with Gasteiger partial charge in [0.1, 0.15) is 0 Å². The highest BCUT2D eigenvalue weighted by atomic mass is 35.5. The summed E-state index contributed by atoms with van der Waals surface area (Å²) in [5.74, 6) is -5.93. The predicted octanol–water partition coefficient (Wildman–Crippen LogP) is 3.02. The Balaban J connectivity index is 3.02. The van der Waals surface area contributed by atoms with Crippen LogP contribution in [0.25, 0.3) is 0 Å². The van der Waals surface area contributed by atoms with Crippen molar-refractivity contribution in [2.75, 3.05) is 0 Å². The number of hydrogen-bond donors (Lipinski definition) is 2. The lowest BCUT2D eigenvalue weighted by Gasteiger charge is -2.27. The lowest BCUT2D eigenvalue weighted by Crippen LogP contribution is -2.51. The Kier molecular flexibility index (Phi) is 5.18. The Hall–Kier alpha value is -2.09. The molecule has 0 radical (unpaired) electrons. The maximum absolute atomic E-state index is 12.9. The van der Waals surface area contributed by atoms with Crippen LogP contribution in [-0.4, -0.2) is 34.1 Å². The zero-order valence-corrected chi connectivity index (χ0v) is 11.6.